The fourth-order valence-corrected chi connectivity index (χ4v) is 4.14. The molecule has 5 nitrogen and oxygen atoms in total. The van der Waals surface area contributed by atoms with Gasteiger partial charge in [-0.3, -0.25) is 4.90 Å². The number of likely N-dealkylation sites (tertiary alicyclic amines) is 1. The third kappa shape index (κ3) is 3.65. The van der Waals surface area contributed by atoms with Crippen molar-refractivity contribution in [2.24, 2.45) is 5.92 Å². The van der Waals surface area contributed by atoms with Crippen molar-refractivity contribution in [2.45, 2.75) is 12.6 Å². The van der Waals surface area contributed by atoms with Gasteiger partial charge >= 0.3 is 0 Å². The van der Waals surface area contributed by atoms with Crippen molar-refractivity contribution in [3.05, 3.63) is 35.6 Å². The fraction of sp³-hybridized carbons (Fsp3) is 0.600. The molecule has 22 heavy (non-hydrogen) atoms. The Bertz CT molecular complexity index is 637. The molecule has 1 aromatic carbocycles. The topological polar surface area (TPSA) is 49.9 Å². The van der Waals surface area contributed by atoms with E-state index in [1.54, 1.807) is 6.07 Å². The van der Waals surface area contributed by atoms with Crippen molar-refractivity contribution in [1.82, 2.24) is 9.21 Å². The molecule has 2 fully saturated rings. The standard InChI is InChI=1S/C15H21FN2O3S/c1-22(19,20)18-5-6-21-15-11-17(9-13(15)10-18)8-12-3-2-4-14(16)7-12/h2-4,7,13,15H,5-6,8-11H2,1H3/t13-,15-/m1/s1. The minimum Gasteiger partial charge on any atom is -0.375 e. The fourth-order valence-electron chi connectivity index (χ4n) is 3.27. The molecule has 0 spiro atoms. The van der Waals surface area contributed by atoms with E-state index < -0.39 is 10.0 Å². The van der Waals surface area contributed by atoms with E-state index in [4.69, 9.17) is 4.74 Å². The summed E-state index contributed by atoms with van der Waals surface area (Å²) < 4.78 is 44.1. The summed E-state index contributed by atoms with van der Waals surface area (Å²) in [7, 11) is -3.18. The van der Waals surface area contributed by atoms with Gasteiger partial charge in [-0.05, 0) is 17.7 Å². The molecule has 0 radical (unpaired) electrons. The molecule has 0 bridgehead atoms. The average Bonchev–Trinajstić information content (AvgIpc) is 2.67. The molecule has 0 aliphatic carbocycles. The largest absolute Gasteiger partial charge is 0.375 e. The van der Waals surface area contributed by atoms with Gasteiger partial charge in [-0.2, -0.15) is 4.31 Å². The lowest BCUT2D eigenvalue weighted by atomic mass is 10.1. The Labute approximate surface area is 130 Å². The summed E-state index contributed by atoms with van der Waals surface area (Å²) in [5, 5.41) is 0. The van der Waals surface area contributed by atoms with Gasteiger partial charge in [-0.1, -0.05) is 12.1 Å². The highest BCUT2D eigenvalue weighted by Crippen LogP contribution is 2.26. The summed E-state index contributed by atoms with van der Waals surface area (Å²) in [6.45, 7) is 3.56. The van der Waals surface area contributed by atoms with Crippen LogP contribution in [0.5, 0.6) is 0 Å². The summed E-state index contributed by atoms with van der Waals surface area (Å²) in [6.07, 6.45) is 1.30. The molecule has 2 aliphatic heterocycles. The first kappa shape index (κ1) is 15.9. The Morgan fingerprint density at radius 1 is 1.32 bits per heavy atom. The van der Waals surface area contributed by atoms with E-state index in [0.29, 0.717) is 26.2 Å². The molecule has 2 aliphatic rings. The first-order valence-electron chi connectivity index (χ1n) is 7.45. The van der Waals surface area contributed by atoms with E-state index >= 15 is 0 Å². The van der Waals surface area contributed by atoms with Gasteiger partial charge < -0.3 is 4.74 Å². The zero-order chi connectivity index (χ0) is 15.7. The Kier molecular flexibility index (Phi) is 4.49. The van der Waals surface area contributed by atoms with Crippen LogP contribution in [0.3, 0.4) is 0 Å². The minimum atomic E-state index is -3.18. The Morgan fingerprint density at radius 2 is 2.14 bits per heavy atom. The van der Waals surface area contributed by atoms with Crippen LogP contribution in [-0.4, -0.2) is 62.8 Å². The summed E-state index contributed by atoms with van der Waals surface area (Å²) in [6, 6.07) is 6.59. The number of hydrogen-bond donors (Lipinski definition) is 0. The summed E-state index contributed by atoms with van der Waals surface area (Å²) in [5.74, 6) is -0.0591. The maximum atomic E-state index is 13.3. The van der Waals surface area contributed by atoms with E-state index in [2.05, 4.69) is 4.90 Å². The predicted molar refractivity (Wildman–Crippen MR) is 81.3 cm³/mol. The molecular weight excluding hydrogens is 307 g/mol. The van der Waals surface area contributed by atoms with Gasteiger partial charge in [0, 0.05) is 38.6 Å². The van der Waals surface area contributed by atoms with Gasteiger partial charge in [0.2, 0.25) is 10.0 Å². The molecule has 2 heterocycles. The number of halogens is 1. The van der Waals surface area contributed by atoms with Gasteiger partial charge in [0.15, 0.2) is 0 Å². The van der Waals surface area contributed by atoms with Crippen molar-refractivity contribution in [1.29, 1.82) is 0 Å². The second-order valence-electron chi connectivity index (χ2n) is 6.11. The second-order valence-corrected chi connectivity index (χ2v) is 8.10. The molecule has 2 saturated heterocycles. The average molecular weight is 328 g/mol. The van der Waals surface area contributed by atoms with E-state index in [1.807, 2.05) is 6.07 Å². The molecule has 0 amide bonds. The Balaban J connectivity index is 1.66. The number of nitrogens with zero attached hydrogens (tertiary/aromatic N) is 2. The maximum Gasteiger partial charge on any atom is 0.211 e. The van der Waals surface area contributed by atoms with Gasteiger partial charge in [-0.15, -0.1) is 0 Å². The quantitative estimate of drug-likeness (QED) is 0.828. The smallest absolute Gasteiger partial charge is 0.211 e. The normalized spacial score (nSPS) is 27.5. The zero-order valence-electron chi connectivity index (χ0n) is 12.6. The van der Waals surface area contributed by atoms with Crippen LogP contribution in [0.2, 0.25) is 0 Å². The molecular formula is C15H21FN2O3S. The summed E-state index contributed by atoms with van der Waals surface area (Å²) in [4.78, 5) is 2.20. The minimum absolute atomic E-state index is 0.0558. The highest BCUT2D eigenvalue weighted by molar-refractivity contribution is 7.88. The van der Waals surface area contributed by atoms with Gasteiger partial charge in [-0.25, -0.2) is 12.8 Å². The van der Waals surface area contributed by atoms with Crippen molar-refractivity contribution >= 4 is 10.0 Å². The van der Waals surface area contributed by atoms with Crippen LogP contribution in [0.1, 0.15) is 5.56 Å². The lowest BCUT2D eigenvalue weighted by Gasteiger charge is -2.21. The number of sulfonamides is 1. The van der Waals surface area contributed by atoms with Crippen LogP contribution in [0.15, 0.2) is 24.3 Å². The van der Waals surface area contributed by atoms with Gasteiger partial charge in [0.05, 0.1) is 19.0 Å². The molecule has 0 saturated carbocycles. The molecule has 7 heteroatoms. The van der Waals surface area contributed by atoms with Crippen molar-refractivity contribution in [2.75, 3.05) is 39.0 Å². The molecule has 1 aromatic rings. The van der Waals surface area contributed by atoms with Gasteiger partial charge in [0.1, 0.15) is 5.82 Å². The number of benzene rings is 1. The lowest BCUT2D eigenvalue weighted by molar-refractivity contribution is 0.0518. The SMILES string of the molecule is CS(=O)(=O)N1CCO[C@@H]2CN(Cc3cccc(F)c3)C[C@@H]2C1. The summed E-state index contributed by atoms with van der Waals surface area (Å²) >= 11 is 0. The van der Waals surface area contributed by atoms with E-state index in [-0.39, 0.29) is 17.8 Å². The first-order chi connectivity index (χ1) is 10.4. The third-order valence-corrected chi connectivity index (χ3v) is 5.60. The van der Waals surface area contributed by atoms with Crippen LogP contribution < -0.4 is 0 Å². The first-order valence-corrected chi connectivity index (χ1v) is 9.30. The highest BCUT2D eigenvalue weighted by Gasteiger charge is 2.38. The molecule has 122 valence electrons. The molecule has 0 unspecified atom stereocenters. The second kappa shape index (κ2) is 6.23. The summed E-state index contributed by atoms with van der Waals surface area (Å²) in [5.41, 5.74) is 0.927. The number of ether oxygens (including phenoxy) is 1. The van der Waals surface area contributed by atoms with Crippen LogP contribution in [0, 0.1) is 11.7 Å². The van der Waals surface area contributed by atoms with E-state index in [1.165, 1.54) is 22.7 Å². The maximum absolute atomic E-state index is 13.3. The monoisotopic (exact) mass is 328 g/mol. The predicted octanol–water partition coefficient (Wildman–Crippen LogP) is 0.918. The van der Waals surface area contributed by atoms with Crippen LogP contribution >= 0.6 is 0 Å². The van der Waals surface area contributed by atoms with E-state index in [0.717, 1.165) is 18.7 Å². The highest BCUT2D eigenvalue weighted by atomic mass is 32.2. The van der Waals surface area contributed by atoms with Crippen molar-refractivity contribution in [3.63, 3.8) is 0 Å². The Morgan fingerprint density at radius 3 is 2.86 bits per heavy atom. The lowest BCUT2D eigenvalue weighted by Crippen LogP contribution is -2.36. The van der Waals surface area contributed by atoms with E-state index in [9.17, 15) is 12.8 Å². The number of rotatable bonds is 3. The molecule has 2 atom stereocenters. The molecule has 0 N–H and O–H groups in total. The van der Waals surface area contributed by atoms with Crippen LogP contribution in [0.4, 0.5) is 4.39 Å². The Hall–Kier alpha value is -1.02. The van der Waals surface area contributed by atoms with Crippen LogP contribution in [0.25, 0.3) is 0 Å². The van der Waals surface area contributed by atoms with Crippen molar-refractivity contribution < 1.29 is 17.5 Å². The van der Waals surface area contributed by atoms with Crippen LogP contribution in [-0.2, 0) is 21.3 Å². The van der Waals surface area contributed by atoms with Crippen molar-refractivity contribution in [3.8, 4) is 0 Å². The molecule has 3 rings (SSSR count). The zero-order valence-corrected chi connectivity index (χ0v) is 13.4. The number of hydrogen-bond acceptors (Lipinski definition) is 4. The van der Waals surface area contributed by atoms with Gasteiger partial charge in [0.25, 0.3) is 0 Å². The number of fused-ring (bicyclic) bond motifs is 1. The molecule has 0 aromatic heterocycles. The third-order valence-electron chi connectivity index (χ3n) is 4.33.